The van der Waals surface area contributed by atoms with Crippen molar-refractivity contribution < 1.29 is 4.92 Å². The summed E-state index contributed by atoms with van der Waals surface area (Å²) in [7, 11) is 0. The lowest BCUT2D eigenvalue weighted by atomic mass is 10.2. The molecule has 1 aliphatic heterocycles. The topological polar surface area (TPSA) is 55.2 Å². The van der Waals surface area contributed by atoms with Crippen LogP contribution in [0.4, 0.5) is 11.4 Å². The number of hydrogen-bond acceptors (Lipinski definition) is 5. The van der Waals surface area contributed by atoms with E-state index in [-0.39, 0.29) is 10.6 Å². The van der Waals surface area contributed by atoms with Crippen molar-refractivity contribution >= 4 is 34.9 Å². The lowest BCUT2D eigenvalue weighted by Gasteiger charge is -2.21. The maximum Gasteiger partial charge on any atom is 0.292 e. The number of benzene rings is 1. The Bertz CT molecular complexity index is 434. The van der Waals surface area contributed by atoms with Crippen molar-refractivity contribution in [1.82, 2.24) is 0 Å². The molecule has 0 radical (unpaired) electrons. The molecule has 6 heteroatoms. The first kappa shape index (κ1) is 13.5. The molecule has 2 rings (SSSR count). The fraction of sp³-hybridized carbons (Fsp3) is 0.500. The Balaban J connectivity index is 2.01. The highest BCUT2D eigenvalue weighted by atomic mass is 32.2. The molecule has 0 amide bonds. The fourth-order valence-electron chi connectivity index (χ4n) is 1.82. The van der Waals surface area contributed by atoms with Gasteiger partial charge in [0.25, 0.3) is 5.69 Å². The number of nitrogens with one attached hydrogen (secondary N) is 1. The Morgan fingerprint density at radius 1 is 1.50 bits per heavy atom. The molecule has 0 saturated carbocycles. The van der Waals surface area contributed by atoms with Crippen LogP contribution in [0.25, 0.3) is 0 Å². The van der Waals surface area contributed by atoms with Crippen molar-refractivity contribution in [2.75, 3.05) is 29.1 Å². The number of nitro benzene ring substituents is 1. The minimum absolute atomic E-state index is 0.170. The number of anilines is 1. The SMILES string of the molecule is Cc1ccc(NCC2CSCCS2)c([N+](=O)[O-])c1. The summed E-state index contributed by atoms with van der Waals surface area (Å²) >= 11 is 3.90. The molecule has 1 saturated heterocycles. The molecule has 1 aliphatic rings. The van der Waals surface area contributed by atoms with Gasteiger partial charge < -0.3 is 5.32 Å². The molecule has 0 aromatic heterocycles. The minimum Gasteiger partial charge on any atom is -0.378 e. The van der Waals surface area contributed by atoms with Gasteiger partial charge in [0.2, 0.25) is 0 Å². The number of thioether (sulfide) groups is 2. The van der Waals surface area contributed by atoms with Crippen LogP contribution in [0.3, 0.4) is 0 Å². The van der Waals surface area contributed by atoms with Crippen molar-refractivity contribution in [2.24, 2.45) is 0 Å². The number of hydrogen-bond donors (Lipinski definition) is 1. The smallest absolute Gasteiger partial charge is 0.292 e. The maximum atomic E-state index is 11.0. The predicted octanol–water partition coefficient (Wildman–Crippen LogP) is 3.16. The third-order valence-electron chi connectivity index (χ3n) is 2.76. The van der Waals surface area contributed by atoms with Crippen LogP contribution in [0.2, 0.25) is 0 Å². The zero-order valence-corrected chi connectivity index (χ0v) is 11.9. The van der Waals surface area contributed by atoms with E-state index >= 15 is 0 Å². The maximum absolute atomic E-state index is 11.0. The van der Waals surface area contributed by atoms with Crippen LogP contribution in [0.1, 0.15) is 5.56 Å². The Morgan fingerprint density at radius 2 is 2.33 bits per heavy atom. The van der Waals surface area contributed by atoms with Crippen molar-refractivity contribution in [3.63, 3.8) is 0 Å². The van der Waals surface area contributed by atoms with Crippen molar-refractivity contribution in [2.45, 2.75) is 12.2 Å². The highest BCUT2D eigenvalue weighted by molar-refractivity contribution is 8.06. The van der Waals surface area contributed by atoms with Gasteiger partial charge in [-0.05, 0) is 18.6 Å². The van der Waals surface area contributed by atoms with E-state index in [1.54, 1.807) is 12.1 Å². The molecule has 1 aromatic carbocycles. The number of nitro groups is 1. The van der Waals surface area contributed by atoms with Crippen LogP contribution in [-0.2, 0) is 0 Å². The van der Waals surface area contributed by atoms with Gasteiger partial charge in [-0.25, -0.2) is 0 Å². The van der Waals surface area contributed by atoms with Gasteiger partial charge >= 0.3 is 0 Å². The molecule has 1 N–H and O–H groups in total. The lowest BCUT2D eigenvalue weighted by Crippen LogP contribution is -2.23. The fourth-order valence-corrected chi connectivity index (χ4v) is 4.43. The molecule has 1 aromatic rings. The second kappa shape index (κ2) is 6.33. The van der Waals surface area contributed by atoms with E-state index in [4.69, 9.17) is 0 Å². The van der Waals surface area contributed by atoms with Crippen LogP contribution in [-0.4, -0.2) is 34.0 Å². The summed E-state index contributed by atoms with van der Waals surface area (Å²) in [6.45, 7) is 2.66. The van der Waals surface area contributed by atoms with Gasteiger partial charge in [0, 0.05) is 35.1 Å². The van der Waals surface area contributed by atoms with Crippen molar-refractivity contribution in [3.8, 4) is 0 Å². The van der Waals surface area contributed by atoms with E-state index in [2.05, 4.69) is 5.32 Å². The van der Waals surface area contributed by atoms with Crippen molar-refractivity contribution in [1.29, 1.82) is 0 Å². The first-order valence-electron chi connectivity index (χ1n) is 5.85. The Hall–Kier alpha value is -0.880. The summed E-state index contributed by atoms with van der Waals surface area (Å²) in [6, 6.07) is 5.32. The zero-order valence-electron chi connectivity index (χ0n) is 10.2. The van der Waals surface area contributed by atoms with E-state index in [0.29, 0.717) is 10.9 Å². The summed E-state index contributed by atoms with van der Waals surface area (Å²) in [5.41, 5.74) is 1.71. The lowest BCUT2D eigenvalue weighted by molar-refractivity contribution is -0.384. The molecule has 1 fully saturated rings. The minimum atomic E-state index is -0.321. The highest BCUT2D eigenvalue weighted by Gasteiger charge is 2.17. The summed E-state index contributed by atoms with van der Waals surface area (Å²) in [4.78, 5) is 10.7. The molecular weight excluding hydrogens is 268 g/mol. The van der Waals surface area contributed by atoms with Crippen LogP contribution >= 0.6 is 23.5 Å². The van der Waals surface area contributed by atoms with Gasteiger partial charge in [-0.3, -0.25) is 10.1 Å². The van der Waals surface area contributed by atoms with Gasteiger partial charge in [-0.1, -0.05) is 6.07 Å². The van der Waals surface area contributed by atoms with E-state index in [0.717, 1.165) is 17.9 Å². The quantitative estimate of drug-likeness (QED) is 0.680. The van der Waals surface area contributed by atoms with Crippen LogP contribution < -0.4 is 5.32 Å². The molecular formula is C12H16N2O2S2. The average Bonchev–Trinajstić information content (AvgIpc) is 2.38. The summed E-state index contributed by atoms with van der Waals surface area (Å²) in [5.74, 6) is 3.51. The second-order valence-electron chi connectivity index (χ2n) is 4.23. The average molecular weight is 284 g/mol. The van der Waals surface area contributed by atoms with Gasteiger partial charge in [0.1, 0.15) is 5.69 Å². The summed E-state index contributed by atoms with van der Waals surface area (Å²) in [5, 5.41) is 14.7. The van der Waals surface area contributed by atoms with Gasteiger partial charge in [0.15, 0.2) is 0 Å². The third-order valence-corrected chi connectivity index (χ3v) is 5.60. The Morgan fingerprint density at radius 3 is 3.00 bits per heavy atom. The number of aryl methyl sites for hydroxylation is 1. The largest absolute Gasteiger partial charge is 0.378 e. The van der Waals surface area contributed by atoms with E-state index in [1.165, 1.54) is 11.5 Å². The standard InChI is InChI=1S/C12H16N2O2S2/c1-9-2-3-11(12(6-9)14(15)16)13-7-10-8-17-4-5-18-10/h2-3,6,10,13H,4-5,7-8H2,1H3. The van der Waals surface area contributed by atoms with Crippen LogP contribution in [0.5, 0.6) is 0 Å². The first-order valence-corrected chi connectivity index (χ1v) is 8.05. The molecule has 1 heterocycles. The van der Waals surface area contributed by atoms with E-state index < -0.39 is 0 Å². The van der Waals surface area contributed by atoms with Crippen LogP contribution in [0.15, 0.2) is 18.2 Å². The molecule has 0 aliphatic carbocycles. The molecule has 0 spiro atoms. The van der Waals surface area contributed by atoms with Crippen LogP contribution in [0, 0.1) is 17.0 Å². The van der Waals surface area contributed by atoms with Gasteiger partial charge in [-0.15, -0.1) is 0 Å². The Labute approximate surface area is 115 Å². The van der Waals surface area contributed by atoms with Crippen molar-refractivity contribution in [3.05, 3.63) is 33.9 Å². The molecule has 4 nitrogen and oxygen atoms in total. The normalized spacial score (nSPS) is 19.5. The number of nitrogens with zero attached hydrogens (tertiary/aromatic N) is 1. The molecule has 1 unspecified atom stereocenters. The monoisotopic (exact) mass is 284 g/mol. The zero-order chi connectivity index (χ0) is 13.0. The summed E-state index contributed by atoms with van der Waals surface area (Å²) in [6.07, 6.45) is 0. The highest BCUT2D eigenvalue weighted by Crippen LogP contribution is 2.28. The molecule has 0 bridgehead atoms. The third kappa shape index (κ3) is 3.55. The van der Waals surface area contributed by atoms with Gasteiger partial charge in [0.05, 0.1) is 4.92 Å². The first-order chi connectivity index (χ1) is 8.66. The number of rotatable bonds is 4. The van der Waals surface area contributed by atoms with Gasteiger partial charge in [-0.2, -0.15) is 23.5 Å². The molecule has 98 valence electrons. The van der Waals surface area contributed by atoms with E-state index in [1.807, 2.05) is 36.5 Å². The summed E-state index contributed by atoms with van der Waals surface area (Å²) < 4.78 is 0. The van der Waals surface area contributed by atoms with E-state index in [9.17, 15) is 10.1 Å². The molecule has 1 atom stereocenters. The molecule has 18 heavy (non-hydrogen) atoms. The predicted molar refractivity (Wildman–Crippen MR) is 79.9 cm³/mol. The second-order valence-corrected chi connectivity index (χ2v) is 6.78. The Kier molecular flexibility index (Phi) is 4.77.